The van der Waals surface area contributed by atoms with Gasteiger partial charge in [0.2, 0.25) is 0 Å². The van der Waals surface area contributed by atoms with Crippen LogP contribution in [0.4, 0.5) is 0 Å². The van der Waals surface area contributed by atoms with Crippen LogP contribution >= 0.6 is 0 Å². The molecule has 2 unspecified atom stereocenters. The molecule has 0 fully saturated rings. The van der Waals surface area contributed by atoms with E-state index in [4.69, 9.17) is 0 Å². The maximum absolute atomic E-state index is 11.2. The van der Waals surface area contributed by atoms with Gasteiger partial charge in [-0.15, -0.1) is 0 Å². The molecule has 2 atom stereocenters. The second kappa shape index (κ2) is 5.82. The summed E-state index contributed by atoms with van der Waals surface area (Å²) in [4.78, 5) is 11.2. The van der Waals surface area contributed by atoms with E-state index in [9.17, 15) is 9.90 Å². The smallest absolute Gasteiger partial charge is 0.308 e. The van der Waals surface area contributed by atoms with Crippen molar-refractivity contribution >= 4 is 5.97 Å². The fourth-order valence-corrected chi connectivity index (χ4v) is 1.58. The normalized spacial score (nSPS) is 14.7. The highest BCUT2D eigenvalue weighted by atomic mass is 16.5. The van der Waals surface area contributed by atoms with E-state index in [-0.39, 0.29) is 17.9 Å². The van der Waals surface area contributed by atoms with Crippen LogP contribution in [-0.4, -0.2) is 28.0 Å². The lowest BCUT2D eigenvalue weighted by atomic mass is 10.0. The summed E-state index contributed by atoms with van der Waals surface area (Å²) < 4.78 is 6.40. The molecular formula is C12H20N2O3. The van der Waals surface area contributed by atoms with E-state index < -0.39 is 6.10 Å². The summed E-state index contributed by atoms with van der Waals surface area (Å²) in [5.41, 5.74) is 0.731. The third-order valence-corrected chi connectivity index (χ3v) is 2.72. The van der Waals surface area contributed by atoms with Crippen molar-refractivity contribution in [2.75, 3.05) is 7.11 Å². The minimum Gasteiger partial charge on any atom is -0.469 e. The summed E-state index contributed by atoms with van der Waals surface area (Å²) >= 11 is 0. The van der Waals surface area contributed by atoms with Crippen LogP contribution in [0, 0.1) is 5.92 Å². The third kappa shape index (κ3) is 3.56. The van der Waals surface area contributed by atoms with Gasteiger partial charge in [0.25, 0.3) is 0 Å². The van der Waals surface area contributed by atoms with Gasteiger partial charge in [-0.25, -0.2) is 0 Å². The molecule has 1 rings (SSSR count). The van der Waals surface area contributed by atoms with Crippen molar-refractivity contribution < 1.29 is 14.6 Å². The first-order valence-electron chi connectivity index (χ1n) is 5.75. The number of hydrogen-bond acceptors (Lipinski definition) is 4. The Bertz CT molecular complexity index is 374. The number of carbonyl (C=O) groups is 1. The Morgan fingerprint density at radius 1 is 1.53 bits per heavy atom. The number of carbonyl (C=O) groups excluding carboxylic acids is 1. The molecular weight excluding hydrogens is 220 g/mol. The Morgan fingerprint density at radius 3 is 2.65 bits per heavy atom. The van der Waals surface area contributed by atoms with Crippen LogP contribution in [0.1, 0.15) is 44.9 Å². The Kier molecular flexibility index (Phi) is 4.69. The van der Waals surface area contributed by atoms with Crippen LogP contribution in [-0.2, 0) is 9.53 Å². The average Bonchev–Trinajstić information content (AvgIpc) is 2.77. The van der Waals surface area contributed by atoms with Gasteiger partial charge in [-0.2, -0.15) is 5.10 Å². The van der Waals surface area contributed by atoms with Crippen molar-refractivity contribution in [1.82, 2.24) is 9.78 Å². The van der Waals surface area contributed by atoms with Gasteiger partial charge in [-0.3, -0.25) is 9.48 Å². The Labute approximate surface area is 101 Å². The molecule has 0 radical (unpaired) electrons. The summed E-state index contributed by atoms with van der Waals surface area (Å²) in [7, 11) is 1.35. The predicted octanol–water partition coefficient (Wildman–Crippen LogP) is 1.70. The van der Waals surface area contributed by atoms with Gasteiger partial charge in [-0.05, 0) is 20.3 Å². The Morgan fingerprint density at radius 2 is 2.18 bits per heavy atom. The van der Waals surface area contributed by atoms with Gasteiger partial charge < -0.3 is 9.84 Å². The summed E-state index contributed by atoms with van der Waals surface area (Å²) in [6.45, 7) is 5.77. The molecule has 0 saturated heterocycles. The third-order valence-electron chi connectivity index (χ3n) is 2.72. The highest BCUT2D eigenvalue weighted by molar-refractivity contribution is 5.71. The first kappa shape index (κ1) is 13.7. The number of nitrogens with zero attached hydrogens (tertiary/aromatic N) is 2. The van der Waals surface area contributed by atoms with Crippen molar-refractivity contribution in [2.24, 2.45) is 5.92 Å². The number of ether oxygens (including phenoxy) is 1. The predicted molar refractivity (Wildman–Crippen MR) is 63.4 cm³/mol. The van der Waals surface area contributed by atoms with Crippen LogP contribution < -0.4 is 0 Å². The maximum atomic E-state index is 11.2. The largest absolute Gasteiger partial charge is 0.469 e. The quantitative estimate of drug-likeness (QED) is 0.795. The van der Waals surface area contributed by atoms with Crippen molar-refractivity contribution in [3.8, 4) is 0 Å². The molecule has 1 aromatic heterocycles. The van der Waals surface area contributed by atoms with E-state index in [1.165, 1.54) is 7.11 Å². The topological polar surface area (TPSA) is 64.3 Å². The zero-order valence-electron chi connectivity index (χ0n) is 10.8. The molecule has 0 aliphatic rings. The van der Waals surface area contributed by atoms with E-state index >= 15 is 0 Å². The summed E-state index contributed by atoms with van der Waals surface area (Å²) in [6.07, 6.45) is 3.10. The summed E-state index contributed by atoms with van der Waals surface area (Å²) in [5, 5.41) is 14.1. The monoisotopic (exact) mass is 240 g/mol. The lowest BCUT2D eigenvalue weighted by Gasteiger charge is -2.13. The van der Waals surface area contributed by atoms with Gasteiger partial charge in [0.15, 0.2) is 0 Å². The molecule has 0 bridgehead atoms. The fraction of sp³-hybridized carbons (Fsp3) is 0.667. The zero-order chi connectivity index (χ0) is 13.0. The Hall–Kier alpha value is -1.36. The number of hydrogen-bond donors (Lipinski definition) is 1. The second-order valence-electron chi connectivity index (χ2n) is 4.52. The zero-order valence-corrected chi connectivity index (χ0v) is 10.8. The minimum atomic E-state index is -0.684. The first-order chi connectivity index (χ1) is 7.95. The van der Waals surface area contributed by atoms with Crippen LogP contribution in [0.25, 0.3) is 0 Å². The number of rotatable bonds is 5. The van der Waals surface area contributed by atoms with Gasteiger partial charge in [0.1, 0.15) is 0 Å². The van der Waals surface area contributed by atoms with Gasteiger partial charge in [-0.1, -0.05) is 6.92 Å². The molecule has 0 saturated carbocycles. The van der Waals surface area contributed by atoms with E-state index in [1.54, 1.807) is 24.0 Å². The van der Waals surface area contributed by atoms with Crippen LogP contribution in [0.2, 0.25) is 0 Å². The molecule has 0 spiro atoms. The molecule has 5 heteroatoms. The number of esters is 1. The number of aromatic nitrogens is 2. The standard InChI is InChI=1S/C12H20N2O3/c1-8(2)14-7-10(6-13-14)11(15)5-9(3)12(16)17-4/h6-9,11,15H,5H2,1-4H3. The van der Waals surface area contributed by atoms with E-state index in [0.29, 0.717) is 6.42 Å². The number of aliphatic hydroxyl groups is 1. The van der Waals surface area contributed by atoms with Crippen LogP contribution in [0.15, 0.2) is 12.4 Å². The number of aliphatic hydroxyl groups excluding tert-OH is 1. The van der Waals surface area contributed by atoms with Crippen molar-refractivity contribution in [3.05, 3.63) is 18.0 Å². The van der Waals surface area contributed by atoms with Crippen molar-refractivity contribution in [1.29, 1.82) is 0 Å². The van der Waals surface area contributed by atoms with E-state index in [0.717, 1.165) is 5.56 Å². The van der Waals surface area contributed by atoms with Crippen LogP contribution in [0.3, 0.4) is 0 Å². The summed E-state index contributed by atoms with van der Waals surface area (Å²) in [5.74, 6) is -0.627. The molecule has 0 aliphatic heterocycles. The minimum absolute atomic E-state index is 0.258. The Balaban J connectivity index is 2.63. The van der Waals surface area contributed by atoms with Gasteiger partial charge in [0.05, 0.1) is 25.3 Å². The highest BCUT2D eigenvalue weighted by Gasteiger charge is 2.20. The molecule has 5 nitrogen and oxygen atoms in total. The average molecular weight is 240 g/mol. The molecule has 1 aromatic rings. The molecule has 17 heavy (non-hydrogen) atoms. The molecule has 0 aliphatic carbocycles. The SMILES string of the molecule is COC(=O)C(C)CC(O)c1cnn(C(C)C)c1. The number of methoxy groups -OCH3 is 1. The molecule has 0 aromatic carbocycles. The highest BCUT2D eigenvalue weighted by Crippen LogP contribution is 2.22. The molecule has 1 N–H and O–H groups in total. The lowest BCUT2D eigenvalue weighted by molar-refractivity contribution is -0.145. The van der Waals surface area contributed by atoms with Crippen molar-refractivity contribution in [2.45, 2.75) is 39.3 Å². The van der Waals surface area contributed by atoms with E-state index in [2.05, 4.69) is 9.84 Å². The summed E-state index contributed by atoms with van der Waals surface area (Å²) in [6, 6.07) is 0.258. The van der Waals surface area contributed by atoms with Gasteiger partial charge in [0, 0.05) is 17.8 Å². The first-order valence-corrected chi connectivity index (χ1v) is 5.75. The van der Waals surface area contributed by atoms with Crippen molar-refractivity contribution in [3.63, 3.8) is 0 Å². The molecule has 0 amide bonds. The fourth-order valence-electron chi connectivity index (χ4n) is 1.58. The second-order valence-corrected chi connectivity index (χ2v) is 4.52. The lowest BCUT2D eigenvalue weighted by Crippen LogP contribution is -2.15. The van der Waals surface area contributed by atoms with Crippen LogP contribution in [0.5, 0.6) is 0 Å². The van der Waals surface area contributed by atoms with E-state index in [1.807, 2.05) is 13.8 Å². The van der Waals surface area contributed by atoms with Gasteiger partial charge >= 0.3 is 5.97 Å². The maximum Gasteiger partial charge on any atom is 0.308 e. The molecule has 1 heterocycles. The molecule has 96 valence electrons.